The Morgan fingerprint density at radius 2 is 1.33 bits per heavy atom. The van der Waals surface area contributed by atoms with Crippen molar-refractivity contribution in [3.8, 4) is 0 Å². The summed E-state index contributed by atoms with van der Waals surface area (Å²) in [6.45, 7) is 5.83. The molecule has 2 fully saturated rings. The zero-order valence-corrected chi connectivity index (χ0v) is 16.1. The number of carbonyl (C=O) groups excluding carboxylic acids is 1. The first-order valence-electron chi connectivity index (χ1n) is 10.1. The molecule has 2 aromatic carbocycles. The first-order chi connectivity index (χ1) is 13.2. The third-order valence-electron chi connectivity index (χ3n) is 5.80. The lowest BCUT2D eigenvalue weighted by atomic mass is 9.96. The minimum Gasteiger partial charge on any atom is -0.352 e. The van der Waals surface area contributed by atoms with E-state index in [1.165, 1.54) is 11.1 Å². The van der Waals surface area contributed by atoms with Gasteiger partial charge in [-0.15, -0.1) is 0 Å². The fourth-order valence-electron chi connectivity index (χ4n) is 3.98. The Balaban J connectivity index is 1.45. The van der Waals surface area contributed by atoms with E-state index in [-0.39, 0.29) is 18.0 Å². The van der Waals surface area contributed by atoms with Gasteiger partial charge in [0.1, 0.15) is 0 Å². The molecule has 2 aliphatic rings. The van der Waals surface area contributed by atoms with Crippen LogP contribution < -0.4 is 5.32 Å². The van der Waals surface area contributed by atoms with Crippen molar-refractivity contribution >= 4 is 5.91 Å². The second-order valence-corrected chi connectivity index (χ2v) is 7.75. The monoisotopic (exact) mass is 363 g/mol. The molecular formula is C23H29N3O. The van der Waals surface area contributed by atoms with Crippen LogP contribution in [0.5, 0.6) is 0 Å². The molecule has 4 rings (SSSR count). The topological polar surface area (TPSA) is 35.6 Å². The molecule has 4 nitrogen and oxygen atoms in total. The molecule has 0 radical (unpaired) electrons. The van der Waals surface area contributed by atoms with Crippen LogP contribution in [0.4, 0.5) is 0 Å². The van der Waals surface area contributed by atoms with Crippen LogP contribution in [-0.2, 0) is 4.79 Å². The summed E-state index contributed by atoms with van der Waals surface area (Å²) < 4.78 is 0. The summed E-state index contributed by atoms with van der Waals surface area (Å²) in [5.74, 6) is 0.189. The quantitative estimate of drug-likeness (QED) is 0.857. The Bertz CT molecular complexity index is 697. The third-order valence-corrected chi connectivity index (χ3v) is 5.80. The maximum atomic E-state index is 12.4. The maximum absolute atomic E-state index is 12.4. The molecule has 27 heavy (non-hydrogen) atoms. The van der Waals surface area contributed by atoms with Gasteiger partial charge in [0.15, 0.2) is 0 Å². The molecule has 1 saturated heterocycles. The molecule has 1 aliphatic heterocycles. The van der Waals surface area contributed by atoms with Gasteiger partial charge in [-0.05, 0) is 30.9 Å². The van der Waals surface area contributed by atoms with Crippen molar-refractivity contribution in [2.45, 2.75) is 37.9 Å². The molecule has 1 saturated carbocycles. The fraction of sp³-hybridized carbons (Fsp3) is 0.435. The number of piperazine rings is 1. The van der Waals surface area contributed by atoms with E-state index in [0.29, 0.717) is 6.04 Å². The van der Waals surface area contributed by atoms with Crippen LogP contribution in [0.15, 0.2) is 60.7 Å². The predicted octanol–water partition coefficient (Wildman–Crippen LogP) is 3.06. The van der Waals surface area contributed by atoms with Gasteiger partial charge in [0.25, 0.3) is 0 Å². The predicted molar refractivity (Wildman–Crippen MR) is 108 cm³/mol. The van der Waals surface area contributed by atoms with E-state index in [2.05, 4.69) is 75.8 Å². The van der Waals surface area contributed by atoms with Gasteiger partial charge < -0.3 is 5.32 Å². The van der Waals surface area contributed by atoms with Gasteiger partial charge in [0, 0.05) is 32.2 Å². The van der Waals surface area contributed by atoms with Gasteiger partial charge in [-0.1, -0.05) is 60.7 Å². The Morgan fingerprint density at radius 3 is 1.81 bits per heavy atom. The van der Waals surface area contributed by atoms with Crippen molar-refractivity contribution in [2.75, 3.05) is 26.2 Å². The lowest BCUT2D eigenvalue weighted by molar-refractivity contribution is -0.126. The molecule has 142 valence electrons. The summed E-state index contributed by atoms with van der Waals surface area (Å²) in [7, 11) is 0. The second kappa shape index (κ2) is 8.24. The highest BCUT2D eigenvalue weighted by atomic mass is 16.2. The van der Waals surface area contributed by atoms with Crippen molar-refractivity contribution in [1.82, 2.24) is 15.1 Å². The average molecular weight is 364 g/mol. The molecule has 1 amide bonds. The molecule has 2 aromatic rings. The highest BCUT2D eigenvalue weighted by Crippen LogP contribution is 2.29. The summed E-state index contributed by atoms with van der Waals surface area (Å²) in [5.41, 5.74) is 2.66. The van der Waals surface area contributed by atoms with Gasteiger partial charge in [-0.2, -0.15) is 0 Å². The van der Waals surface area contributed by atoms with Gasteiger partial charge in [0.05, 0.1) is 12.1 Å². The van der Waals surface area contributed by atoms with Crippen LogP contribution in [0.1, 0.15) is 36.9 Å². The van der Waals surface area contributed by atoms with Gasteiger partial charge in [-0.25, -0.2) is 0 Å². The Hall–Kier alpha value is -2.17. The fourth-order valence-corrected chi connectivity index (χ4v) is 3.98. The van der Waals surface area contributed by atoms with E-state index in [4.69, 9.17) is 0 Å². The number of carbonyl (C=O) groups is 1. The summed E-state index contributed by atoms with van der Waals surface area (Å²) >= 11 is 0. The number of nitrogens with zero attached hydrogens (tertiary/aromatic N) is 2. The Kier molecular flexibility index (Phi) is 5.55. The highest BCUT2D eigenvalue weighted by Gasteiger charge is 2.32. The maximum Gasteiger partial charge on any atom is 0.237 e. The average Bonchev–Trinajstić information content (AvgIpc) is 3.54. The normalized spacial score (nSPS) is 19.8. The number of benzene rings is 2. The van der Waals surface area contributed by atoms with E-state index in [0.717, 1.165) is 39.0 Å². The summed E-state index contributed by atoms with van der Waals surface area (Å²) in [6.07, 6.45) is 2.28. The lowest BCUT2D eigenvalue weighted by Gasteiger charge is -2.41. The minimum atomic E-state index is -0.0420. The number of hydrogen-bond acceptors (Lipinski definition) is 3. The number of hydrogen-bond donors (Lipinski definition) is 1. The summed E-state index contributed by atoms with van der Waals surface area (Å²) in [4.78, 5) is 17.3. The molecule has 1 N–H and O–H groups in total. The summed E-state index contributed by atoms with van der Waals surface area (Å²) in [6, 6.07) is 22.1. The number of amides is 1. The van der Waals surface area contributed by atoms with Crippen molar-refractivity contribution in [2.24, 2.45) is 0 Å². The van der Waals surface area contributed by atoms with Gasteiger partial charge in [-0.3, -0.25) is 14.6 Å². The smallest absolute Gasteiger partial charge is 0.237 e. The van der Waals surface area contributed by atoms with Crippen molar-refractivity contribution in [3.05, 3.63) is 71.8 Å². The zero-order chi connectivity index (χ0) is 18.6. The molecule has 0 unspecified atom stereocenters. The van der Waals surface area contributed by atoms with E-state index >= 15 is 0 Å². The third kappa shape index (κ3) is 4.40. The zero-order valence-electron chi connectivity index (χ0n) is 16.1. The molecule has 0 bridgehead atoms. The second-order valence-electron chi connectivity index (χ2n) is 7.75. The molecule has 4 heteroatoms. The first kappa shape index (κ1) is 18.2. The van der Waals surface area contributed by atoms with Crippen LogP contribution in [0.3, 0.4) is 0 Å². The number of nitrogens with one attached hydrogen (secondary N) is 1. The van der Waals surface area contributed by atoms with Crippen LogP contribution in [0.2, 0.25) is 0 Å². The van der Waals surface area contributed by atoms with Crippen LogP contribution in [0.25, 0.3) is 0 Å². The molecule has 0 aromatic heterocycles. The standard InChI is InChI=1S/C23H29N3O/c1-18(23(27)24-21-12-13-21)25-14-16-26(17-15-25)22(19-8-4-2-5-9-19)20-10-6-3-7-11-20/h2-11,18,21-22H,12-17H2,1H3,(H,24,27)/t18-/m1/s1. The Morgan fingerprint density at radius 1 is 0.852 bits per heavy atom. The SMILES string of the molecule is C[C@H](C(=O)NC1CC1)N1CCN(C(c2ccccc2)c2ccccc2)CC1. The molecular weight excluding hydrogens is 334 g/mol. The van der Waals surface area contributed by atoms with Gasteiger partial charge >= 0.3 is 0 Å². The van der Waals surface area contributed by atoms with Crippen LogP contribution in [0, 0.1) is 0 Å². The largest absolute Gasteiger partial charge is 0.352 e. The molecule has 1 atom stereocenters. The van der Waals surface area contributed by atoms with E-state index in [1.807, 2.05) is 6.92 Å². The summed E-state index contributed by atoms with van der Waals surface area (Å²) in [5, 5.41) is 3.14. The van der Waals surface area contributed by atoms with Crippen molar-refractivity contribution in [1.29, 1.82) is 0 Å². The molecule has 1 heterocycles. The van der Waals surface area contributed by atoms with Crippen LogP contribution in [-0.4, -0.2) is 54.0 Å². The first-order valence-corrected chi connectivity index (χ1v) is 10.1. The minimum absolute atomic E-state index is 0.0420. The van der Waals surface area contributed by atoms with E-state index < -0.39 is 0 Å². The highest BCUT2D eigenvalue weighted by molar-refractivity contribution is 5.81. The molecule has 1 aliphatic carbocycles. The Labute approximate surface area is 162 Å². The van der Waals surface area contributed by atoms with Gasteiger partial charge in [0.2, 0.25) is 5.91 Å². The molecule has 0 spiro atoms. The van der Waals surface area contributed by atoms with E-state index in [1.54, 1.807) is 0 Å². The van der Waals surface area contributed by atoms with Crippen molar-refractivity contribution < 1.29 is 4.79 Å². The number of rotatable bonds is 6. The van der Waals surface area contributed by atoms with Crippen molar-refractivity contribution in [3.63, 3.8) is 0 Å². The lowest BCUT2D eigenvalue weighted by Crippen LogP contribution is -2.54. The van der Waals surface area contributed by atoms with E-state index in [9.17, 15) is 4.79 Å². The van der Waals surface area contributed by atoms with Crippen LogP contribution >= 0.6 is 0 Å².